The van der Waals surface area contributed by atoms with Gasteiger partial charge in [-0.1, -0.05) is 45.8 Å². The Labute approximate surface area is 221 Å². The topological polar surface area (TPSA) is 95.0 Å². The van der Waals surface area contributed by atoms with Crippen molar-refractivity contribution in [3.8, 4) is 5.75 Å². The number of imide groups is 2. The van der Waals surface area contributed by atoms with Crippen LogP contribution in [0.25, 0.3) is 0 Å². The van der Waals surface area contributed by atoms with Gasteiger partial charge in [0, 0.05) is 17.0 Å². The van der Waals surface area contributed by atoms with Gasteiger partial charge in [-0.15, -0.1) is 23.2 Å². The van der Waals surface area contributed by atoms with E-state index in [9.17, 15) is 24.3 Å². The predicted molar refractivity (Wildman–Crippen MR) is 133 cm³/mol. The summed E-state index contributed by atoms with van der Waals surface area (Å²) >= 11 is 17.4. The van der Waals surface area contributed by atoms with Gasteiger partial charge in [-0.3, -0.25) is 29.0 Å². The van der Waals surface area contributed by atoms with Crippen LogP contribution < -0.4 is 0 Å². The highest BCUT2D eigenvalue weighted by molar-refractivity contribution is 9.09. The Balaban J connectivity index is 1.74. The average molecular weight is 584 g/mol. The molecule has 1 aromatic carbocycles. The van der Waals surface area contributed by atoms with E-state index in [2.05, 4.69) is 15.9 Å². The third kappa shape index (κ3) is 3.02. The Morgan fingerprint density at radius 3 is 2.31 bits per heavy atom. The highest BCUT2D eigenvalue weighted by Crippen LogP contribution is 2.66. The van der Waals surface area contributed by atoms with Crippen molar-refractivity contribution >= 4 is 62.8 Å². The van der Waals surface area contributed by atoms with E-state index in [1.165, 1.54) is 11.0 Å². The maximum absolute atomic E-state index is 13.7. The number of hydrogen-bond acceptors (Lipinski definition) is 5. The Morgan fingerprint density at radius 1 is 1.06 bits per heavy atom. The molecule has 0 aromatic heterocycles. The fraction of sp³-hybridized carbons (Fsp3) is 0.520. The van der Waals surface area contributed by atoms with E-state index < -0.39 is 50.8 Å². The lowest BCUT2D eigenvalue weighted by Gasteiger charge is -2.50. The van der Waals surface area contributed by atoms with Gasteiger partial charge in [-0.05, 0) is 45.6 Å². The quantitative estimate of drug-likeness (QED) is 0.247. The molecule has 1 aromatic rings. The van der Waals surface area contributed by atoms with Crippen LogP contribution in [0.2, 0.25) is 0 Å². The van der Waals surface area contributed by atoms with E-state index in [1.807, 2.05) is 6.08 Å². The van der Waals surface area contributed by atoms with Crippen molar-refractivity contribution in [1.82, 2.24) is 9.80 Å². The fourth-order valence-electron chi connectivity index (χ4n) is 6.49. The molecule has 3 fully saturated rings. The molecule has 0 bridgehead atoms. The van der Waals surface area contributed by atoms with Crippen LogP contribution in [0, 0.1) is 17.8 Å². The summed E-state index contributed by atoms with van der Waals surface area (Å²) in [6.07, 6.45) is 2.08. The lowest BCUT2D eigenvalue weighted by molar-refractivity contribution is -0.146. The maximum Gasteiger partial charge on any atom is 0.254 e. The first-order valence-corrected chi connectivity index (χ1v) is 13.3. The molecule has 2 aliphatic carbocycles. The van der Waals surface area contributed by atoms with Crippen LogP contribution in [0.5, 0.6) is 5.75 Å². The Hall–Kier alpha value is -1.90. The Kier molecular flexibility index (Phi) is 5.52. The summed E-state index contributed by atoms with van der Waals surface area (Å²) in [6.45, 7) is 5.42. The summed E-state index contributed by atoms with van der Waals surface area (Å²) < 4.78 is 0. The predicted octanol–water partition coefficient (Wildman–Crippen LogP) is 3.90. The minimum absolute atomic E-state index is 0.0692. The maximum atomic E-state index is 13.7. The number of allylic oxidation sites excluding steroid dienone is 2. The van der Waals surface area contributed by atoms with Gasteiger partial charge in [0.25, 0.3) is 11.8 Å². The molecule has 6 atom stereocenters. The first kappa shape index (κ1) is 24.8. The van der Waals surface area contributed by atoms with Crippen LogP contribution in [-0.4, -0.2) is 59.3 Å². The second-order valence-corrected chi connectivity index (χ2v) is 12.5. The number of hydrogen-bond donors (Lipinski definition) is 1. The molecule has 7 nitrogen and oxygen atoms in total. The number of likely N-dealkylation sites (tertiary alicyclic amines) is 2. The summed E-state index contributed by atoms with van der Waals surface area (Å²) in [7, 11) is 0. The molecule has 0 spiro atoms. The van der Waals surface area contributed by atoms with E-state index in [4.69, 9.17) is 23.2 Å². The van der Waals surface area contributed by atoms with Gasteiger partial charge in [-0.25, -0.2) is 0 Å². The van der Waals surface area contributed by atoms with Crippen LogP contribution >= 0.6 is 39.1 Å². The van der Waals surface area contributed by atoms with E-state index in [1.54, 1.807) is 39.0 Å². The highest BCUT2D eigenvalue weighted by Gasteiger charge is 2.76. The molecule has 2 saturated heterocycles. The summed E-state index contributed by atoms with van der Waals surface area (Å²) in [5, 5.41) is 10.8. The number of phenols is 1. The molecule has 2 aliphatic heterocycles. The Morgan fingerprint density at radius 2 is 1.71 bits per heavy atom. The van der Waals surface area contributed by atoms with Gasteiger partial charge < -0.3 is 5.11 Å². The first-order valence-electron chi connectivity index (χ1n) is 11.5. The van der Waals surface area contributed by atoms with E-state index in [0.717, 1.165) is 4.90 Å². The molecular formula is C25H25BrCl2N2O5. The molecule has 6 unspecified atom stereocenters. The zero-order chi connectivity index (χ0) is 25.7. The molecular weight excluding hydrogens is 559 g/mol. The third-order valence-electron chi connectivity index (χ3n) is 7.93. The number of fused-ring (bicyclic) bond motifs is 4. The molecule has 35 heavy (non-hydrogen) atoms. The van der Waals surface area contributed by atoms with Crippen molar-refractivity contribution < 1.29 is 24.3 Å². The molecule has 4 amide bonds. The molecule has 1 saturated carbocycles. The molecule has 10 heteroatoms. The number of benzene rings is 1. The number of alkyl halides is 3. The molecule has 0 radical (unpaired) electrons. The molecule has 1 N–H and O–H groups in total. The minimum atomic E-state index is -1.91. The van der Waals surface area contributed by atoms with E-state index >= 15 is 0 Å². The lowest BCUT2D eigenvalue weighted by Crippen LogP contribution is -2.60. The van der Waals surface area contributed by atoms with Crippen LogP contribution in [0.1, 0.15) is 45.1 Å². The number of para-hydroxylation sites is 1. The largest absolute Gasteiger partial charge is 0.508 e. The number of halogens is 3. The second-order valence-electron chi connectivity index (χ2n) is 10.7. The van der Waals surface area contributed by atoms with E-state index in [-0.39, 0.29) is 29.4 Å². The summed E-state index contributed by atoms with van der Waals surface area (Å²) in [5.74, 6) is -4.83. The lowest BCUT2D eigenvalue weighted by atomic mass is 9.56. The normalized spacial score (nSPS) is 36.8. The first-order chi connectivity index (χ1) is 16.3. The number of nitrogens with zero attached hydrogens (tertiary/aromatic N) is 2. The summed E-state index contributed by atoms with van der Waals surface area (Å²) in [4.78, 5) is 52.6. The van der Waals surface area contributed by atoms with Crippen molar-refractivity contribution in [2.24, 2.45) is 17.8 Å². The summed E-state index contributed by atoms with van der Waals surface area (Å²) in [6, 6.07) is 6.48. The third-order valence-corrected chi connectivity index (χ3v) is 9.85. The zero-order valence-corrected chi connectivity index (χ0v) is 22.5. The van der Waals surface area contributed by atoms with Crippen LogP contribution in [0.15, 0.2) is 35.9 Å². The monoisotopic (exact) mass is 582 g/mol. The van der Waals surface area contributed by atoms with Crippen LogP contribution in [-0.2, 0) is 19.2 Å². The molecule has 4 aliphatic rings. The number of aromatic hydroxyl groups is 1. The smallest absolute Gasteiger partial charge is 0.254 e. The SMILES string of the molecule is CC(C)(C)N1C(=O)C2CC=C3C(CC4(Cl)C(=O)N(CBr)C(=O)C4(Cl)C3c3ccccc3O)C2C1=O. The Bertz CT molecular complexity index is 1210. The van der Waals surface area contributed by atoms with Gasteiger partial charge in [0.05, 0.1) is 17.3 Å². The minimum Gasteiger partial charge on any atom is -0.508 e. The molecule has 5 rings (SSSR count). The van der Waals surface area contributed by atoms with Gasteiger partial charge in [-0.2, -0.15) is 0 Å². The number of carbonyl (C=O) groups excluding carboxylic acids is 4. The number of carbonyl (C=O) groups is 4. The number of phenolic OH excluding ortho intramolecular Hbond substituents is 1. The fourth-order valence-corrected chi connectivity index (χ4v) is 7.91. The van der Waals surface area contributed by atoms with Crippen molar-refractivity contribution in [2.45, 2.75) is 54.8 Å². The van der Waals surface area contributed by atoms with Gasteiger partial charge >= 0.3 is 0 Å². The van der Waals surface area contributed by atoms with Crippen molar-refractivity contribution in [3.05, 3.63) is 41.5 Å². The summed E-state index contributed by atoms with van der Waals surface area (Å²) in [5.41, 5.74) is 0.210. The van der Waals surface area contributed by atoms with Crippen LogP contribution in [0.4, 0.5) is 0 Å². The molecule has 186 valence electrons. The average Bonchev–Trinajstić information content (AvgIpc) is 3.13. The standard InChI is InChI=1S/C25H25BrCl2N2O5/c1-23(2,3)30-19(32)14-9-8-12-15(17(14)20(30)33)10-24(27)21(34)29(11-26)22(35)25(24,28)18(12)13-6-4-5-7-16(13)31/h4-8,14-15,17-18,31H,9-11H2,1-3H3. The van der Waals surface area contributed by atoms with Gasteiger partial charge in [0.2, 0.25) is 11.8 Å². The number of amides is 4. The van der Waals surface area contributed by atoms with Crippen molar-refractivity contribution in [3.63, 3.8) is 0 Å². The van der Waals surface area contributed by atoms with Crippen LogP contribution in [0.3, 0.4) is 0 Å². The highest BCUT2D eigenvalue weighted by atomic mass is 79.9. The van der Waals surface area contributed by atoms with Gasteiger partial charge in [0.15, 0.2) is 9.75 Å². The molecule has 2 heterocycles. The number of rotatable bonds is 2. The van der Waals surface area contributed by atoms with Crippen molar-refractivity contribution in [2.75, 3.05) is 5.45 Å². The van der Waals surface area contributed by atoms with E-state index in [0.29, 0.717) is 17.6 Å². The zero-order valence-electron chi connectivity index (χ0n) is 19.4. The van der Waals surface area contributed by atoms with Crippen molar-refractivity contribution in [1.29, 1.82) is 0 Å². The second kappa shape index (κ2) is 7.80. The van der Waals surface area contributed by atoms with Gasteiger partial charge in [0.1, 0.15) is 5.75 Å².